The molecule has 2 aromatic heterocycles. The predicted molar refractivity (Wildman–Crippen MR) is 130 cm³/mol. The van der Waals surface area contributed by atoms with Crippen LogP contribution in [0.15, 0.2) is 48.8 Å². The first kappa shape index (κ1) is 30.5. The maximum atomic E-state index is 11.3. The van der Waals surface area contributed by atoms with Crippen molar-refractivity contribution in [2.45, 2.75) is 13.3 Å². The molecule has 0 aliphatic carbocycles. The standard InChI is InChI=1S/C18H16Cl2N4O.2C2H2O4/c1-12-9-17(21-7-6-13-3-2-8-24(25)11-13)23-18(22-12)14-4-5-15(19)16(20)10-14;2*3-1(4)2(5)6/h2-5,8-11H,6-7H2,1H3,(H,21,22,23);2*(H,3,4)(H,5,6). The van der Waals surface area contributed by atoms with E-state index in [0.29, 0.717) is 28.8 Å². The number of nitrogens with one attached hydrogen (secondary N) is 1. The fourth-order valence-corrected chi connectivity index (χ4v) is 2.71. The second kappa shape index (κ2) is 14.8. The number of hydrogen-bond donors (Lipinski definition) is 5. The number of halogens is 2. The Morgan fingerprint density at radius 3 is 2.03 bits per heavy atom. The number of carboxylic acid groups (broad SMARTS) is 4. The van der Waals surface area contributed by atoms with Crippen molar-refractivity contribution in [2.75, 3.05) is 11.9 Å². The number of aliphatic carboxylic acids is 4. The fourth-order valence-electron chi connectivity index (χ4n) is 2.41. The van der Waals surface area contributed by atoms with Crippen molar-refractivity contribution in [3.05, 3.63) is 75.3 Å². The molecule has 1 aromatic carbocycles. The zero-order valence-corrected chi connectivity index (χ0v) is 20.5. The summed E-state index contributed by atoms with van der Waals surface area (Å²) in [6.07, 6.45) is 3.75. The Labute approximate surface area is 219 Å². The number of aromatic nitrogens is 3. The van der Waals surface area contributed by atoms with Crippen LogP contribution in [0, 0.1) is 12.1 Å². The maximum Gasteiger partial charge on any atom is 0.414 e. The normalized spacial score (nSPS) is 9.59. The molecule has 3 rings (SSSR count). The van der Waals surface area contributed by atoms with E-state index < -0.39 is 23.9 Å². The topological polar surface area (TPSA) is 214 Å². The van der Waals surface area contributed by atoms with E-state index in [2.05, 4.69) is 15.3 Å². The van der Waals surface area contributed by atoms with Gasteiger partial charge in [0.25, 0.3) is 0 Å². The Morgan fingerprint density at radius 1 is 0.919 bits per heavy atom. The quantitative estimate of drug-likeness (QED) is 0.174. The second-order valence-corrected chi connectivity index (χ2v) is 7.63. The van der Waals surface area contributed by atoms with Crippen molar-refractivity contribution < 1.29 is 44.3 Å². The van der Waals surface area contributed by atoms with Crippen LogP contribution < -0.4 is 10.0 Å². The minimum atomic E-state index is -1.82. The van der Waals surface area contributed by atoms with Gasteiger partial charge in [-0.25, -0.2) is 29.1 Å². The average Bonchev–Trinajstić information content (AvgIpc) is 2.81. The Kier molecular flexibility index (Phi) is 12.2. The van der Waals surface area contributed by atoms with Gasteiger partial charge in [0.2, 0.25) is 0 Å². The highest BCUT2D eigenvalue weighted by Gasteiger charge is 2.08. The number of hydrogen-bond acceptors (Lipinski definition) is 8. The summed E-state index contributed by atoms with van der Waals surface area (Å²) in [6, 6.07) is 10.8. The van der Waals surface area contributed by atoms with Crippen molar-refractivity contribution in [3.63, 3.8) is 0 Å². The van der Waals surface area contributed by atoms with Gasteiger partial charge in [0.15, 0.2) is 18.2 Å². The van der Waals surface area contributed by atoms with Crippen molar-refractivity contribution in [1.29, 1.82) is 0 Å². The molecule has 3 aromatic rings. The van der Waals surface area contributed by atoms with Crippen molar-refractivity contribution in [1.82, 2.24) is 9.97 Å². The van der Waals surface area contributed by atoms with Gasteiger partial charge in [-0.05, 0) is 37.6 Å². The molecular formula is C22H20Cl2N4O9. The van der Waals surface area contributed by atoms with Gasteiger partial charge in [-0.15, -0.1) is 0 Å². The van der Waals surface area contributed by atoms with Gasteiger partial charge in [0.05, 0.1) is 10.0 Å². The first-order valence-electron chi connectivity index (χ1n) is 9.95. The van der Waals surface area contributed by atoms with E-state index in [4.69, 9.17) is 62.8 Å². The van der Waals surface area contributed by atoms with E-state index in [1.54, 1.807) is 24.4 Å². The predicted octanol–water partition coefficient (Wildman–Crippen LogP) is 2.36. The number of carboxylic acids is 4. The molecule has 0 amide bonds. The number of benzene rings is 1. The minimum absolute atomic E-state index is 0.466. The van der Waals surface area contributed by atoms with Crippen molar-refractivity contribution in [3.8, 4) is 11.4 Å². The molecule has 196 valence electrons. The van der Waals surface area contributed by atoms with E-state index >= 15 is 0 Å². The smallest absolute Gasteiger partial charge is 0.414 e. The number of pyridine rings is 1. The largest absolute Gasteiger partial charge is 0.619 e. The van der Waals surface area contributed by atoms with E-state index in [-0.39, 0.29) is 0 Å². The molecule has 0 aliphatic heterocycles. The molecular weight excluding hydrogens is 535 g/mol. The lowest BCUT2D eigenvalue weighted by atomic mass is 10.2. The molecule has 0 spiro atoms. The highest BCUT2D eigenvalue weighted by molar-refractivity contribution is 6.42. The SMILES string of the molecule is Cc1cc(NCCc2ccc[n+]([O-])c2)nc(-c2ccc(Cl)c(Cl)c2)n1.O=C(O)C(=O)O.O=C(O)C(=O)O. The summed E-state index contributed by atoms with van der Waals surface area (Å²) in [7, 11) is 0. The molecule has 13 nitrogen and oxygen atoms in total. The van der Waals surface area contributed by atoms with Crippen LogP contribution in [0.1, 0.15) is 11.3 Å². The third-order valence-electron chi connectivity index (χ3n) is 3.95. The molecule has 5 N–H and O–H groups in total. The zero-order chi connectivity index (χ0) is 28.1. The Balaban J connectivity index is 0.000000476. The number of carbonyl (C=O) groups is 4. The molecule has 2 heterocycles. The molecule has 0 bridgehead atoms. The van der Waals surface area contributed by atoms with Crippen molar-refractivity contribution in [2.24, 2.45) is 0 Å². The van der Waals surface area contributed by atoms with Gasteiger partial charge < -0.3 is 31.0 Å². The highest BCUT2D eigenvalue weighted by atomic mass is 35.5. The summed E-state index contributed by atoms with van der Waals surface area (Å²) in [6.45, 7) is 2.56. The summed E-state index contributed by atoms with van der Waals surface area (Å²) in [5.74, 6) is -5.99. The Hall–Kier alpha value is -4.49. The molecule has 0 fully saturated rings. The summed E-state index contributed by atoms with van der Waals surface area (Å²) in [4.78, 5) is 45.4. The number of anilines is 1. The van der Waals surface area contributed by atoms with Gasteiger partial charge in [0.1, 0.15) is 5.82 Å². The molecule has 0 radical (unpaired) electrons. The third-order valence-corrected chi connectivity index (χ3v) is 4.69. The van der Waals surface area contributed by atoms with Crippen molar-refractivity contribution >= 4 is 52.9 Å². The first-order chi connectivity index (χ1) is 17.3. The summed E-state index contributed by atoms with van der Waals surface area (Å²) in [5.41, 5.74) is 2.60. The lowest BCUT2D eigenvalue weighted by molar-refractivity contribution is -0.605. The van der Waals surface area contributed by atoms with Gasteiger partial charge in [0, 0.05) is 35.5 Å². The van der Waals surface area contributed by atoms with Crippen LogP contribution in [-0.4, -0.2) is 60.8 Å². The molecule has 0 saturated heterocycles. The molecule has 15 heteroatoms. The third kappa shape index (κ3) is 11.7. The molecule has 37 heavy (non-hydrogen) atoms. The van der Waals surface area contributed by atoms with E-state index in [0.717, 1.165) is 27.4 Å². The average molecular weight is 555 g/mol. The Morgan fingerprint density at radius 2 is 1.51 bits per heavy atom. The van der Waals surface area contributed by atoms with Gasteiger partial charge in [-0.1, -0.05) is 23.2 Å². The summed E-state index contributed by atoms with van der Waals surface area (Å²) in [5, 5.41) is 45.1. The van der Waals surface area contributed by atoms with Crippen LogP contribution >= 0.6 is 23.2 Å². The lowest BCUT2D eigenvalue weighted by Gasteiger charge is -2.09. The number of aryl methyl sites for hydroxylation is 1. The molecule has 0 atom stereocenters. The van der Waals surface area contributed by atoms with E-state index in [9.17, 15) is 5.21 Å². The summed E-state index contributed by atoms with van der Waals surface area (Å²) >= 11 is 12.0. The van der Waals surface area contributed by atoms with Crippen LogP contribution in [0.5, 0.6) is 0 Å². The zero-order valence-electron chi connectivity index (χ0n) is 19.0. The molecule has 0 aliphatic rings. The van der Waals surface area contributed by atoms with Gasteiger partial charge >= 0.3 is 23.9 Å². The first-order valence-corrected chi connectivity index (χ1v) is 10.7. The highest BCUT2D eigenvalue weighted by Crippen LogP contribution is 2.27. The number of rotatable bonds is 5. The van der Waals surface area contributed by atoms with Gasteiger partial charge in [-0.2, -0.15) is 4.73 Å². The lowest BCUT2D eigenvalue weighted by Crippen LogP contribution is -2.25. The van der Waals surface area contributed by atoms with E-state index in [1.165, 1.54) is 6.20 Å². The molecule has 0 unspecified atom stereocenters. The summed E-state index contributed by atoms with van der Waals surface area (Å²) < 4.78 is 0.798. The van der Waals surface area contributed by atoms with Crippen LogP contribution in [0.3, 0.4) is 0 Å². The van der Waals surface area contributed by atoms with Crippen LogP contribution in [0.25, 0.3) is 11.4 Å². The monoisotopic (exact) mass is 554 g/mol. The second-order valence-electron chi connectivity index (χ2n) is 6.82. The maximum absolute atomic E-state index is 11.3. The minimum Gasteiger partial charge on any atom is -0.619 e. The number of nitrogens with zero attached hydrogens (tertiary/aromatic N) is 3. The molecule has 0 saturated carbocycles. The fraction of sp³-hybridized carbons (Fsp3) is 0.136. The van der Waals surface area contributed by atoms with Crippen LogP contribution in [0.4, 0.5) is 5.82 Å². The van der Waals surface area contributed by atoms with Crippen LogP contribution in [-0.2, 0) is 25.6 Å². The van der Waals surface area contributed by atoms with Crippen LogP contribution in [0.2, 0.25) is 10.0 Å². The van der Waals surface area contributed by atoms with E-state index in [1.807, 2.05) is 25.1 Å². The van der Waals surface area contributed by atoms with Gasteiger partial charge in [-0.3, -0.25) is 0 Å². The Bertz CT molecular complexity index is 1240.